The number of nitrogens with one attached hydrogen (secondary N) is 1. The van der Waals surface area contributed by atoms with Crippen molar-refractivity contribution in [2.24, 2.45) is 0 Å². The summed E-state index contributed by atoms with van der Waals surface area (Å²) in [4.78, 5) is 13.1. The number of halogens is 1. The second kappa shape index (κ2) is 8.11. The van der Waals surface area contributed by atoms with Crippen molar-refractivity contribution in [3.63, 3.8) is 0 Å². The molecule has 1 amide bonds. The van der Waals surface area contributed by atoms with E-state index in [4.69, 9.17) is 9.15 Å². The molecular weight excluding hydrogens is 434 g/mol. The topological polar surface area (TPSA) is 71.7 Å². The predicted molar refractivity (Wildman–Crippen MR) is 116 cm³/mol. The molecule has 0 spiro atoms. The van der Waals surface area contributed by atoms with Gasteiger partial charge in [0.2, 0.25) is 0 Å². The van der Waals surface area contributed by atoms with Gasteiger partial charge in [-0.25, -0.2) is 0 Å². The third-order valence-electron chi connectivity index (χ3n) is 4.66. The number of methoxy groups -OCH3 is 1. The van der Waals surface area contributed by atoms with Crippen molar-refractivity contribution in [2.75, 3.05) is 12.4 Å². The lowest BCUT2D eigenvalue weighted by molar-refractivity contribution is 0.102. The SMILES string of the molecule is COc1ccc(-c2ccc(CO)o2)cc1NC(=O)c1cccc2c(Br)cccc12. The number of aliphatic hydroxyl groups is 1. The van der Waals surface area contributed by atoms with Crippen LogP contribution in [0.15, 0.2) is 75.6 Å². The Labute approximate surface area is 176 Å². The third-order valence-corrected chi connectivity index (χ3v) is 5.35. The molecule has 0 saturated heterocycles. The van der Waals surface area contributed by atoms with E-state index in [9.17, 15) is 9.90 Å². The summed E-state index contributed by atoms with van der Waals surface area (Å²) < 4.78 is 11.9. The van der Waals surface area contributed by atoms with Gasteiger partial charge in [0.25, 0.3) is 5.91 Å². The van der Waals surface area contributed by atoms with Gasteiger partial charge in [-0.15, -0.1) is 0 Å². The minimum absolute atomic E-state index is 0.170. The van der Waals surface area contributed by atoms with Crippen molar-refractivity contribution in [2.45, 2.75) is 6.61 Å². The number of rotatable bonds is 5. The summed E-state index contributed by atoms with van der Waals surface area (Å²) in [5.41, 5.74) is 1.86. The summed E-state index contributed by atoms with van der Waals surface area (Å²) in [7, 11) is 1.55. The number of carbonyl (C=O) groups excluding carboxylic acids is 1. The van der Waals surface area contributed by atoms with Crippen LogP contribution in [0.2, 0.25) is 0 Å². The summed E-state index contributed by atoms with van der Waals surface area (Å²) in [6, 6.07) is 20.3. The quantitative estimate of drug-likeness (QED) is 0.413. The van der Waals surface area contributed by atoms with E-state index in [1.807, 2.05) is 36.4 Å². The second-order valence-electron chi connectivity index (χ2n) is 6.43. The van der Waals surface area contributed by atoms with E-state index >= 15 is 0 Å². The van der Waals surface area contributed by atoms with Crippen LogP contribution in [0.1, 0.15) is 16.1 Å². The first-order chi connectivity index (χ1) is 14.1. The summed E-state index contributed by atoms with van der Waals surface area (Å²) in [6.07, 6.45) is 0. The van der Waals surface area contributed by atoms with Crippen LogP contribution in [0.4, 0.5) is 5.69 Å². The maximum Gasteiger partial charge on any atom is 0.256 e. The Kier molecular flexibility index (Phi) is 5.38. The van der Waals surface area contributed by atoms with Crippen molar-refractivity contribution < 1.29 is 19.1 Å². The van der Waals surface area contributed by atoms with E-state index in [2.05, 4.69) is 21.2 Å². The van der Waals surface area contributed by atoms with Crippen LogP contribution < -0.4 is 10.1 Å². The fourth-order valence-corrected chi connectivity index (χ4v) is 3.73. The normalized spacial score (nSPS) is 10.9. The number of anilines is 1. The van der Waals surface area contributed by atoms with Gasteiger partial charge < -0.3 is 19.6 Å². The van der Waals surface area contributed by atoms with Crippen molar-refractivity contribution in [1.82, 2.24) is 0 Å². The Morgan fingerprint density at radius 3 is 2.62 bits per heavy atom. The number of furan rings is 1. The third kappa shape index (κ3) is 3.77. The molecule has 4 aromatic rings. The Balaban J connectivity index is 1.71. The molecule has 1 aromatic heterocycles. The van der Waals surface area contributed by atoms with E-state index in [1.54, 1.807) is 37.4 Å². The van der Waals surface area contributed by atoms with Crippen LogP contribution in [-0.2, 0) is 6.61 Å². The average molecular weight is 452 g/mol. The van der Waals surface area contributed by atoms with Crippen molar-refractivity contribution in [3.8, 4) is 17.1 Å². The van der Waals surface area contributed by atoms with Gasteiger partial charge in [-0.2, -0.15) is 0 Å². The molecule has 0 aliphatic rings. The molecule has 0 radical (unpaired) electrons. The number of fused-ring (bicyclic) bond motifs is 1. The molecule has 0 saturated carbocycles. The van der Waals surface area contributed by atoms with Gasteiger partial charge >= 0.3 is 0 Å². The van der Waals surface area contributed by atoms with Crippen molar-refractivity contribution >= 4 is 38.3 Å². The van der Waals surface area contributed by atoms with Gasteiger partial charge in [-0.05, 0) is 53.2 Å². The van der Waals surface area contributed by atoms with Crippen molar-refractivity contribution in [1.29, 1.82) is 0 Å². The first-order valence-corrected chi connectivity index (χ1v) is 9.76. The van der Waals surface area contributed by atoms with E-state index in [0.29, 0.717) is 28.5 Å². The molecular formula is C23H18BrNO4. The smallest absolute Gasteiger partial charge is 0.256 e. The van der Waals surface area contributed by atoms with E-state index in [1.165, 1.54) is 0 Å². The average Bonchev–Trinajstić information content (AvgIpc) is 3.23. The van der Waals surface area contributed by atoms with Gasteiger partial charge in [0.15, 0.2) is 0 Å². The molecule has 3 aromatic carbocycles. The Bertz CT molecular complexity index is 1200. The van der Waals surface area contributed by atoms with Crippen molar-refractivity contribution in [3.05, 3.63) is 82.5 Å². The maximum atomic E-state index is 13.1. The standard InChI is InChI=1S/C23H18BrNO4/c1-28-22-10-8-14(21-11-9-15(13-26)29-21)12-20(22)25-23(27)18-6-2-5-17-16(18)4-3-7-19(17)24/h2-12,26H,13H2,1H3,(H,25,27). The molecule has 6 heteroatoms. The monoisotopic (exact) mass is 451 g/mol. The molecule has 0 aliphatic heterocycles. The summed E-state index contributed by atoms with van der Waals surface area (Å²) in [6.45, 7) is -0.170. The first-order valence-electron chi connectivity index (χ1n) is 8.97. The van der Waals surface area contributed by atoms with Crippen LogP contribution in [-0.4, -0.2) is 18.1 Å². The fourth-order valence-electron chi connectivity index (χ4n) is 3.24. The molecule has 146 valence electrons. The lowest BCUT2D eigenvalue weighted by Crippen LogP contribution is -2.13. The molecule has 4 rings (SSSR count). The van der Waals surface area contributed by atoms with Crippen LogP contribution >= 0.6 is 15.9 Å². The van der Waals surface area contributed by atoms with E-state index in [-0.39, 0.29) is 12.5 Å². The molecule has 2 N–H and O–H groups in total. The molecule has 5 nitrogen and oxygen atoms in total. The Morgan fingerprint density at radius 2 is 1.86 bits per heavy atom. The molecule has 0 unspecified atom stereocenters. The molecule has 29 heavy (non-hydrogen) atoms. The number of hydrogen-bond acceptors (Lipinski definition) is 4. The highest BCUT2D eigenvalue weighted by molar-refractivity contribution is 9.10. The van der Waals surface area contributed by atoms with Gasteiger partial charge in [-0.1, -0.05) is 40.2 Å². The lowest BCUT2D eigenvalue weighted by Gasteiger charge is -2.13. The molecule has 0 fully saturated rings. The number of carbonyl (C=O) groups is 1. The summed E-state index contributed by atoms with van der Waals surface area (Å²) in [5.74, 6) is 1.38. The van der Waals surface area contributed by atoms with Gasteiger partial charge in [0, 0.05) is 15.6 Å². The molecule has 1 heterocycles. The fraction of sp³-hybridized carbons (Fsp3) is 0.0870. The van der Waals surface area contributed by atoms with E-state index in [0.717, 1.165) is 20.8 Å². The minimum atomic E-state index is -0.236. The summed E-state index contributed by atoms with van der Waals surface area (Å²) in [5, 5.41) is 14.0. The number of hydrogen-bond donors (Lipinski definition) is 2. The molecule has 0 bridgehead atoms. The first kappa shape index (κ1) is 19.2. The number of benzene rings is 3. The van der Waals surface area contributed by atoms with Gasteiger partial charge in [-0.3, -0.25) is 4.79 Å². The highest BCUT2D eigenvalue weighted by atomic mass is 79.9. The number of ether oxygens (including phenoxy) is 1. The molecule has 0 aliphatic carbocycles. The number of amides is 1. The van der Waals surface area contributed by atoms with E-state index < -0.39 is 0 Å². The summed E-state index contributed by atoms with van der Waals surface area (Å²) >= 11 is 3.53. The Morgan fingerprint density at radius 1 is 1.07 bits per heavy atom. The highest BCUT2D eigenvalue weighted by Crippen LogP contribution is 2.33. The highest BCUT2D eigenvalue weighted by Gasteiger charge is 2.15. The van der Waals surface area contributed by atoms with Crippen LogP contribution in [0.5, 0.6) is 5.75 Å². The lowest BCUT2D eigenvalue weighted by atomic mass is 10.0. The van der Waals surface area contributed by atoms with Gasteiger partial charge in [0.05, 0.1) is 12.8 Å². The largest absolute Gasteiger partial charge is 0.495 e. The van der Waals surface area contributed by atoms with Gasteiger partial charge in [0.1, 0.15) is 23.9 Å². The second-order valence-corrected chi connectivity index (χ2v) is 7.29. The van der Waals surface area contributed by atoms with Crippen LogP contribution in [0.3, 0.4) is 0 Å². The maximum absolute atomic E-state index is 13.1. The molecule has 0 atom stereocenters. The predicted octanol–water partition coefficient (Wildman–Crippen LogP) is 5.62. The van der Waals surface area contributed by atoms with Crippen LogP contribution in [0, 0.1) is 0 Å². The zero-order chi connectivity index (χ0) is 20.4. The number of aliphatic hydroxyl groups excluding tert-OH is 1. The minimum Gasteiger partial charge on any atom is -0.495 e. The Hall–Kier alpha value is -3.09. The zero-order valence-corrected chi connectivity index (χ0v) is 17.2. The van der Waals surface area contributed by atoms with Crippen LogP contribution in [0.25, 0.3) is 22.1 Å². The zero-order valence-electron chi connectivity index (χ0n) is 15.6.